The first-order valence-corrected chi connectivity index (χ1v) is 6.54. The summed E-state index contributed by atoms with van der Waals surface area (Å²) in [6, 6.07) is 0. The summed E-state index contributed by atoms with van der Waals surface area (Å²) >= 11 is 0. The van der Waals surface area contributed by atoms with Gasteiger partial charge in [0.15, 0.2) is 6.29 Å². The Bertz CT molecular complexity index is 192. The van der Waals surface area contributed by atoms with Crippen LogP contribution in [0, 0.1) is 0 Å². The van der Waals surface area contributed by atoms with Crippen molar-refractivity contribution in [2.24, 2.45) is 0 Å². The molecule has 1 rings (SSSR count). The Morgan fingerprint density at radius 2 is 1.71 bits per heavy atom. The lowest BCUT2D eigenvalue weighted by Gasteiger charge is -2.19. The molecule has 0 spiro atoms. The van der Waals surface area contributed by atoms with Gasteiger partial charge in [0.1, 0.15) is 6.16 Å². The van der Waals surface area contributed by atoms with Crippen LogP contribution in [0.3, 0.4) is 0 Å². The molecule has 5 nitrogen and oxygen atoms in total. The summed E-state index contributed by atoms with van der Waals surface area (Å²) in [6.07, 6.45) is -0.270. The molecule has 0 radical (unpaired) electrons. The summed E-state index contributed by atoms with van der Waals surface area (Å²) in [7, 11) is -3.02. The Balaban J connectivity index is 2.44. The van der Waals surface area contributed by atoms with Gasteiger partial charge >= 0.3 is 7.60 Å². The van der Waals surface area contributed by atoms with Gasteiger partial charge in [-0.1, -0.05) is 0 Å². The molecule has 0 aromatic rings. The molecular weight excluding hydrogens is 207 g/mol. The molecule has 0 aromatic carbocycles. The molecule has 0 atom stereocenters. The fourth-order valence-electron chi connectivity index (χ4n) is 1.23. The summed E-state index contributed by atoms with van der Waals surface area (Å²) in [5, 5.41) is 0. The first-order valence-electron chi connectivity index (χ1n) is 4.81. The van der Waals surface area contributed by atoms with E-state index in [4.69, 9.17) is 18.5 Å². The maximum Gasteiger partial charge on any atom is 0.335 e. The monoisotopic (exact) mass is 224 g/mol. The third-order valence-electron chi connectivity index (χ3n) is 1.72. The molecule has 6 heteroatoms. The smallest absolute Gasteiger partial charge is 0.335 e. The predicted molar refractivity (Wildman–Crippen MR) is 51.4 cm³/mol. The quantitative estimate of drug-likeness (QED) is 0.642. The van der Waals surface area contributed by atoms with E-state index in [9.17, 15) is 4.57 Å². The van der Waals surface area contributed by atoms with Crippen LogP contribution in [-0.2, 0) is 23.1 Å². The molecule has 1 fully saturated rings. The van der Waals surface area contributed by atoms with Crippen LogP contribution in [0.15, 0.2) is 0 Å². The molecule has 84 valence electrons. The summed E-state index contributed by atoms with van der Waals surface area (Å²) < 4.78 is 32.5. The molecule has 0 N–H and O–H groups in total. The molecule has 0 saturated carbocycles. The minimum atomic E-state index is -3.02. The minimum Gasteiger partial charge on any atom is -0.350 e. The number of hydrogen-bond acceptors (Lipinski definition) is 5. The van der Waals surface area contributed by atoms with Gasteiger partial charge in [-0.15, -0.1) is 0 Å². The maximum atomic E-state index is 12.0. The maximum absolute atomic E-state index is 12.0. The largest absolute Gasteiger partial charge is 0.350 e. The standard InChI is InChI=1S/C8H17O5P/c1-3-12-14(9,13-4-2)7-8-10-5-6-11-8/h8H,3-7H2,1-2H3. The van der Waals surface area contributed by atoms with E-state index in [1.54, 1.807) is 13.8 Å². The topological polar surface area (TPSA) is 54.0 Å². The van der Waals surface area contributed by atoms with Crippen LogP contribution in [-0.4, -0.2) is 38.9 Å². The van der Waals surface area contributed by atoms with Gasteiger partial charge in [0.05, 0.1) is 26.4 Å². The Morgan fingerprint density at radius 1 is 1.21 bits per heavy atom. The first kappa shape index (κ1) is 12.1. The van der Waals surface area contributed by atoms with Crippen molar-refractivity contribution >= 4 is 7.60 Å². The zero-order valence-electron chi connectivity index (χ0n) is 8.60. The Kier molecular flexibility index (Phi) is 5.06. The summed E-state index contributed by atoms with van der Waals surface area (Å²) in [4.78, 5) is 0. The SMILES string of the molecule is CCOP(=O)(CC1OCCO1)OCC. The zero-order valence-corrected chi connectivity index (χ0v) is 9.50. The molecule has 0 aliphatic carbocycles. The van der Waals surface area contributed by atoms with Crippen molar-refractivity contribution in [2.45, 2.75) is 20.1 Å². The molecule has 0 unspecified atom stereocenters. The van der Waals surface area contributed by atoms with Crippen molar-refractivity contribution in [3.05, 3.63) is 0 Å². The van der Waals surface area contributed by atoms with Gasteiger partial charge in [-0.05, 0) is 13.8 Å². The molecular formula is C8H17O5P. The van der Waals surface area contributed by atoms with E-state index in [1.807, 2.05) is 0 Å². The van der Waals surface area contributed by atoms with Crippen molar-refractivity contribution in [1.29, 1.82) is 0 Å². The average Bonchev–Trinajstić information content (AvgIpc) is 2.57. The van der Waals surface area contributed by atoms with E-state index in [0.717, 1.165) is 0 Å². The van der Waals surface area contributed by atoms with Crippen LogP contribution >= 0.6 is 7.60 Å². The van der Waals surface area contributed by atoms with E-state index < -0.39 is 13.9 Å². The Morgan fingerprint density at radius 3 is 2.14 bits per heavy atom. The second-order valence-corrected chi connectivity index (χ2v) is 4.90. The van der Waals surface area contributed by atoms with E-state index in [0.29, 0.717) is 26.4 Å². The fourth-order valence-corrected chi connectivity index (χ4v) is 2.88. The van der Waals surface area contributed by atoms with Gasteiger partial charge in [0, 0.05) is 0 Å². The van der Waals surface area contributed by atoms with Gasteiger partial charge < -0.3 is 18.5 Å². The second-order valence-electron chi connectivity index (χ2n) is 2.80. The summed E-state index contributed by atoms with van der Waals surface area (Å²) in [5.74, 6) is 0. The van der Waals surface area contributed by atoms with Gasteiger partial charge in [-0.2, -0.15) is 0 Å². The van der Waals surface area contributed by atoms with E-state index in [2.05, 4.69) is 0 Å². The van der Waals surface area contributed by atoms with Gasteiger partial charge in [0.2, 0.25) is 0 Å². The van der Waals surface area contributed by atoms with Crippen molar-refractivity contribution in [3.63, 3.8) is 0 Å². The van der Waals surface area contributed by atoms with Crippen molar-refractivity contribution in [2.75, 3.05) is 32.6 Å². The summed E-state index contributed by atoms with van der Waals surface area (Å²) in [5.41, 5.74) is 0. The highest BCUT2D eigenvalue weighted by molar-refractivity contribution is 7.53. The molecule has 0 amide bonds. The Labute approximate surface area is 84.2 Å². The molecule has 1 saturated heterocycles. The predicted octanol–water partition coefficient (Wildman–Crippen LogP) is 1.63. The Hall–Kier alpha value is 0.0700. The summed E-state index contributed by atoms with van der Waals surface area (Å²) in [6.45, 7) is 5.38. The van der Waals surface area contributed by atoms with Gasteiger partial charge in [-0.25, -0.2) is 0 Å². The van der Waals surface area contributed by atoms with E-state index in [1.165, 1.54) is 0 Å². The number of rotatable bonds is 6. The molecule has 1 heterocycles. The lowest BCUT2D eigenvalue weighted by atomic mass is 10.8. The molecule has 0 aromatic heterocycles. The van der Waals surface area contributed by atoms with Crippen molar-refractivity contribution in [1.82, 2.24) is 0 Å². The fraction of sp³-hybridized carbons (Fsp3) is 1.00. The lowest BCUT2D eigenvalue weighted by Crippen LogP contribution is -2.16. The third kappa shape index (κ3) is 3.67. The van der Waals surface area contributed by atoms with E-state index >= 15 is 0 Å². The third-order valence-corrected chi connectivity index (χ3v) is 3.76. The number of ether oxygens (including phenoxy) is 2. The van der Waals surface area contributed by atoms with Gasteiger partial charge in [0.25, 0.3) is 0 Å². The van der Waals surface area contributed by atoms with Crippen molar-refractivity contribution < 1.29 is 23.1 Å². The average molecular weight is 224 g/mol. The van der Waals surface area contributed by atoms with Crippen LogP contribution < -0.4 is 0 Å². The highest BCUT2D eigenvalue weighted by Crippen LogP contribution is 2.49. The molecule has 1 aliphatic rings. The minimum absolute atomic E-state index is 0.175. The van der Waals surface area contributed by atoms with Crippen LogP contribution in [0.25, 0.3) is 0 Å². The van der Waals surface area contributed by atoms with Gasteiger partial charge in [-0.3, -0.25) is 4.57 Å². The first-order chi connectivity index (χ1) is 6.70. The second kappa shape index (κ2) is 5.83. The highest BCUT2D eigenvalue weighted by Gasteiger charge is 2.31. The van der Waals surface area contributed by atoms with E-state index in [-0.39, 0.29) is 6.16 Å². The van der Waals surface area contributed by atoms with Crippen LogP contribution in [0.5, 0.6) is 0 Å². The van der Waals surface area contributed by atoms with Crippen molar-refractivity contribution in [3.8, 4) is 0 Å². The number of hydrogen-bond donors (Lipinski definition) is 0. The zero-order chi connectivity index (χ0) is 10.4. The molecule has 1 aliphatic heterocycles. The molecule has 0 bridgehead atoms. The highest BCUT2D eigenvalue weighted by atomic mass is 31.2. The van der Waals surface area contributed by atoms with Crippen LogP contribution in [0.2, 0.25) is 0 Å². The normalized spacial score (nSPS) is 19.0. The van der Waals surface area contributed by atoms with Crippen LogP contribution in [0.1, 0.15) is 13.8 Å². The van der Waals surface area contributed by atoms with Crippen LogP contribution in [0.4, 0.5) is 0 Å². The lowest BCUT2D eigenvalue weighted by molar-refractivity contribution is -0.0270. The molecule has 14 heavy (non-hydrogen) atoms.